The second-order valence-electron chi connectivity index (χ2n) is 9.70. The van der Waals surface area contributed by atoms with Gasteiger partial charge in [-0.2, -0.15) is 0 Å². The van der Waals surface area contributed by atoms with E-state index in [0.717, 1.165) is 13.1 Å². The number of aliphatic hydroxyl groups excluding tert-OH is 3. The van der Waals surface area contributed by atoms with E-state index in [1.807, 2.05) is 0 Å². The maximum absolute atomic E-state index is 13.4. The monoisotopic (exact) mass is 549 g/mol. The van der Waals surface area contributed by atoms with Crippen LogP contribution in [0.3, 0.4) is 0 Å². The van der Waals surface area contributed by atoms with Crippen LogP contribution in [-0.2, 0) is 25.7 Å². The number of nitrogens with one attached hydrogen (secondary N) is 1. The fourth-order valence-electron chi connectivity index (χ4n) is 5.41. The first-order valence-corrected chi connectivity index (χ1v) is 13.4. The van der Waals surface area contributed by atoms with Crippen molar-refractivity contribution in [3.63, 3.8) is 0 Å². The zero-order valence-corrected chi connectivity index (χ0v) is 22.5. The van der Waals surface area contributed by atoms with E-state index in [0.29, 0.717) is 61.1 Å². The number of fused-ring (bicyclic) bond motifs is 3. The molecule has 1 fully saturated rings. The van der Waals surface area contributed by atoms with Gasteiger partial charge in [-0.3, -0.25) is 14.5 Å². The Hall–Kier alpha value is -2.74. The Kier molecular flexibility index (Phi) is 10.2. The van der Waals surface area contributed by atoms with Crippen molar-refractivity contribution in [2.75, 3.05) is 72.9 Å². The van der Waals surface area contributed by atoms with Crippen molar-refractivity contribution in [1.29, 1.82) is 0 Å². The smallest absolute Gasteiger partial charge is 0.249 e. The van der Waals surface area contributed by atoms with Crippen molar-refractivity contribution in [2.45, 2.75) is 37.7 Å². The SMILES string of the molecule is CCOCC(=O)N(CCN1CCOCC1)[C@@H]1C=C(C(=O)NCCO)[C@@H]2c3cc(CO)cc(OC)c3O[C@@H]2[C@H]1O. The van der Waals surface area contributed by atoms with Crippen LogP contribution in [0.4, 0.5) is 0 Å². The van der Waals surface area contributed by atoms with Gasteiger partial charge in [-0.25, -0.2) is 0 Å². The van der Waals surface area contributed by atoms with Gasteiger partial charge in [0.1, 0.15) is 18.8 Å². The van der Waals surface area contributed by atoms with Gasteiger partial charge in [-0.15, -0.1) is 0 Å². The summed E-state index contributed by atoms with van der Waals surface area (Å²) in [5.74, 6) is -0.665. The summed E-state index contributed by atoms with van der Waals surface area (Å²) in [7, 11) is 1.48. The van der Waals surface area contributed by atoms with Crippen LogP contribution in [0, 0.1) is 0 Å². The lowest BCUT2D eigenvalue weighted by atomic mass is 9.77. The number of morpholine rings is 1. The highest BCUT2D eigenvalue weighted by Crippen LogP contribution is 2.51. The predicted octanol–water partition coefficient (Wildman–Crippen LogP) is -0.993. The molecule has 0 bridgehead atoms. The first-order chi connectivity index (χ1) is 18.9. The fraction of sp³-hybridized carbons (Fsp3) is 0.630. The van der Waals surface area contributed by atoms with Crippen LogP contribution in [0.2, 0.25) is 0 Å². The lowest BCUT2D eigenvalue weighted by Gasteiger charge is -2.41. The molecule has 2 heterocycles. The highest BCUT2D eigenvalue weighted by Gasteiger charge is 2.51. The van der Waals surface area contributed by atoms with Gasteiger partial charge in [0.05, 0.1) is 45.5 Å². The summed E-state index contributed by atoms with van der Waals surface area (Å²) in [6, 6.07) is 2.52. The largest absolute Gasteiger partial charge is 0.493 e. The molecule has 3 aliphatic rings. The number of carbonyl (C=O) groups is 2. The van der Waals surface area contributed by atoms with Gasteiger partial charge in [-0.1, -0.05) is 0 Å². The molecule has 0 unspecified atom stereocenters. The number of rotatable bonds is 12. The molecular weight excluding hydrogens is 510 g/mol. The molecule has 216 valence electrons. The fourth-order valence-corrected chi connectivity index (χ4v) is 5.41. The van der Waals surface area contributed by atoms with Crippen molar-refractivity contribution in [3.8, 4) is 11.5 Å². The van der Waals surface area contributed by atoms with E-state index in [1.54, 1.807) is 30.0 Å². The van der Waals surface area contributed by atoms with E-state index in [2.05, 4.69) is 10.2 Å². The molecule has 2 aliphatic heterocycles. The van der Waals surface area contributed by atoms with Crippen LogP contribution in [0.1, 0.15) is 24.0 Å². The molecule has 12 heteroatoms. The molecule has 1 aromatic carbocycles. The number of hydrogen-bond donors (Lipinski definition) is 4. The third-order valence-electron chi connectivity index (χ3n) is 7.37. The van der Waals surface area contributed by atoms with Crippen molar-refractivity contribution in [2.24, 2.45) is 0 Å². The third-order valence-corrected chi connectivity index (χ3v) is 7.37. The van der Waals surface area contributed by atoms with E-state index in [1.165, 1.54) is 7.11 Å². The molecule has 0 radical (unpaired) electrons. The summed E-state index contributed by atoms with van der Waals surface area (Å²) >= 11 is 0. The number of benzene rings is 1. The molecular formula is C27H39N3O9. The van der Waals surface area contributed by atoms with Crippen LogP contribution in [0.15, 0.2) is 23.8 Å². The summed E-state index contributed by atoms with van der Waals surface area (Å²) in [6.45, 7) is 5.11. The minimum absolute atomic E-state index is 0.0402. The van der Waals surface area contributed by atoms with Crippen molar-refractivity contribution in [1.82, 2.24) is 15.1 Å². The Morgan fingerprint density at radius 3 is 2.67 bits per heavy atom. The minimum atomic E-state index is -1.17. The van der Waals surface area contributed by atoms with Crippen LogP contribution in [-0.4, -0.2) is 128 Å². The molecule has 1 saturated heterocycles. The van der Waals surface area contributed by atoms with Crippen LogP contribution in [0.25, 0.3) is 0 Å². The molecule has 1 aromatic rings. The highest BCUT2D eigenvalue weighted by molar-refractivity contribution is 5.96. The van der Waals surface area contributed by atoms with E-state index in [-0.39, 0.29) is 32.3 Å². The van der Waals surface area contributed by atoms with E-state index < -0.39 is 30.1 Å². The molecule has 2 amide bonds. The number of aliphatic hydroxyl groups is 3. The quantitative estimate of drug-likeness (QED) is 0.256. The molecule has 4 atom stereocenters. The summed E-state index contributed by atoms with van der Waals surface area (Å²) in [5.41, 5.74) is 1.48. The summed E-state index contributed by atoms with van der Waals surface area (Å²) in [4.78, 5) is 30.5. The zero-order valence-electron chi connectivity index (χ0n) is 22.5. The standard InChI is InChI=1S/C27H39N3O9/c1-3-37-16-22(33)30(6-5-29-7-10-38-11-8-29)20-14-19(27(35)28-4-9-31)23-18-12-17(15-32)13-21(36-2)25(18)39-26(23)24(20)34/h12-14,20,23-24,26,31-32,34H,3-11,15-16H2,1-2H3,(H,28,35)/t20-,23+,24+,26+/m1/s1. The van der Waals surface area contributed by atoms with Gasteiger partial charge < -0.3 is 44.5 Å². The normalized spacial score (nSPS) is 24.3. The van der Waals surface area contributed by atoms with Gasteiger partial charge in [0, 0.05) is 50.5 Å². The molecule has 0 spiro atoms. The van der Waals surface area contributed by atoms with Crippen molar-refractivity contribution in [3.05, 3.63) is 34.9 Å². The van der Waals surface area contributed by atoms with Crippen LogP contribution in [0.5, 0.6) is 11.5 Å². The van der Waals surface area contributed by atoms with E-state index in [9.17, 15) is 24.9 Å². The molecule has 0 aromatic heterocycles. The number of ether oxygens (including phenoxy) is 4. The molecule has 1 aliphatic carbocycles. The van der Waals surface area contributed by atoms with Gasteiger partial charge >= 0.3 is 0 Å². The Morgan fingerprint density at radius 1 is 1.23 bits per heavy atom. The molecule has 39 heavy (non-hydrogen) atoms. The Bertz CT molecular complexity index is 1040. The van der Waals surface area contributed by atoms with Gasteiger partial charge in [0.2, 0.25) is 11.8 Å². The second kappa shape index (κ2) is 13.6. The minimum Gasteiger partial charge on any atom is -0.493 e. The second-order valence-corrected chi connectivity index (χ2v) is 9.70. The Morgan fingerprint density at radius 2 is 2.00 bits per heavy atom. The average molecular weight is 550 g/mol. The summed E-state index contributed by atoms with van der Waals surface area (Å²) < 4.78 is 22.6. The van der Waals surface area contributed by atoms with Gasteiger partial charge in [-0.05, 0) is 30.7 Å². The topological polar surface area (TPSA) is 150 Å². The zero-order chi connectivity index (χ0) is 27.9. The molecule has 4 rings (SSSR count). The van der Waals surface area contributed by atoms with Gasteiger partial charge in [0.25, 0.3) is 0 Å². The first-order valence-electron chi connectivity index (χ1n) is 13.4. The van der Waals surface area contributed by atoms with E-state index in [4.69, 9.17) is 18.9 Å². The Balaban J connectivity index is 1.72. The average Bonchev–Trinajstić information content (AvgIpc) is 3.35. The number of nitrogens with zero attached hydrogens (tertiary/aromatic N) is 2. The predicted molar refractivity (Wildman–Crippen MR) is 140 cm³/mol. The molecule has 0 saturated carbocycles. The number of amides is 2. The van der Waals surface area contributed by atoms with Crippen LogP contribution < -0.4 is 14.8 Å². The Labute approximate surface area is 228 Å². The first kappa shape index (κ1) is 29.2. The number of methoxy groups -OCH3 is 1. The number of hydrogen-bond acceptors (Lipinski definition) is 10. The van der Waals surface area contributed by atoms with Crippen LogP contribution >= 0.6 is 0 Å². The van der Waals surface area contributed by atoms with Crippen molar-refractivity contribution >= 4 is 11.8 Å². The molecule has 4 N–H and O–H groups in total. The summed E-state index contributed by atoms with van der Waals surface area (Å²) in [6.07, 6.45) is -0.439. The van der Waals surface area contributed by atoms with E-state index >= 15 is 0 Å². The highest BCUT2D eigenvalue weighted by atomic mass is 16.5. The lowest BCUT2D eigenvalue weighted by molar-refractivity contribution is -0.142. The molecule has 12 nitrogen and oxygen atoms in total. The summed E-state index contributed by atoms with van der Waals surface area (Å²) in [5, 5.41) is 33.5. The lowest BCUT2D eigenvalue weighted by Crippen LogP contribution is -2.57. The van der Waals surface area contributed by atoms with Crippen molar-refractivity contribution < 1.29 is 43.9 Å². The third kappa shape index (κ3) is 6.37. The number of carbonyl (C=O) groups excluding carboxylic acids is 2. The maximum Gasteiger partial charge on any atom is 0.249 e. The maximum atomic E-state index is 13.4. The van der Waals surface area contributed by atoms with Gasteiger partial charge in [0.15, 0.2) is 11.5 Å².